The van der Waals surface area contributed by atoms with Crippen LogP contribution in [0.5, 0.6) is 0 Å². The molecule has 0 aromatic heterocycles. The van der Waals surface area contributed by atoms with E-state index in [0.717, 1.165) is 11.8 Å². The average Bonchev–Trinajstić information content (AvgIpc) is 2.66. The van der Waals surface area contributed by atoms with Gasteiger partial charge in [-0.15, -0.1) is 0 Å². The number of rotatable bonds is 0. The molecule has 0 amide bonds. The third-order valence-electron chi connectivity index (χ3n) is 3.32. The Bertz CT molecular complexity index is 133. The van der Waals surface area contributed by atoms with Gasteiger partial charge in [-0.1, -0.05) is 25.7 Å². The maximum absolute atomic E-state index is 5.99. The van der Waals surface area contributed by atoms with E-state index in [9.17, 15) is 0 Å². The molecule has 64 valence electrons. The summed E-state index contributed by atoms with van der Waals surface area (Å²) in [5.74, 6) is 2.11. The summed E-state index contributed by atoms with van der Waals surface area (Å²) in [6.45, 7) is 0. The summed E-state index contributed by atoms with van der Waals surface area (Å²) in [5, 5.41) is 0. The standard InChI is InChI=1S/C10H19N/c11-10-5-3-1-2-4-8-6-9(8)7-10/h8-10H,1-7,11H2. The predicted octanol–water partition coefficient (Wildman–Crippen LogP) is 2.30. The molecule has 2 aliphatic carbocycles. The zero-order valence-electron chi connectivity index (χ0n) is 7.26. The van der Waals surface area contributed by atoms with Crippen LogP contribution in [0.15, 0.2) is 0 Å². The van der Waals surface area contributed by atoms with Gasteiger partial charge in [0.05, 0.1) is 0 Å². The monoisotopic (exact) mass is 153 g/mol. The van der Waals surface area contributed by atoms with Gasteiger partial charge in [-0.3, -0.25) is 0 Å². The minimum Gasteiger partial charge on any atom is -0.328 e. The predicted molar refractivity (Wildman–Crippen MR) is 47.3 cm³/mol. The van der Waals surface area contributed by atoms with Gasteiger partial charge < -0.3 is 5.73 Å². The van der Waals surface area contributed by atoms with Crippen molar-refractivity contribution in [1.29, 1.82) is 0 Å². The number of nitrogens with two attached hydrogens (primary N) is 1. The Kier molecular flexibility index (Phi) is 2.17. The Morgan fingerprint density at radius 3 is 2.55 bits per heavy atom. The van der Waals surface area contributed by atoms with E-state index in [1.54, 1.807) is 0 Å². The molecule has 0 bridgehead atoms. The first-order chi connectivity index (χ1) is 5.36. The lowest BCUT2D eigenvalue weighted by Gasteiger charge is -2.08. The summed E-state index contributed by atoms with van der Waals surface area (Å²) in [4.78, 5) is 0. The van der Waals surface area contributed by atoms with E-state index in [0.29, 0.717) is 6.04 Å². The van der Waals surface area contributed by atoms with Crippen LogP contribution in [0, 0.1) is 11.8 Å². The van der Waals surface area contributed by atoms with Crippen molar-refractivity contribution < 1.29 is 0 Å². The average molecular weight is 153 g/mol. The van der Waals surface area contributed by atoms with Gasteiger partial charge in [0.1, 0.15) is 0 Å². The van der Waals surface area contributed by atoms with Gasteiger partial charge in [-0.2, -0.15) is 0 Å². The largest absolute Gasteiger partial charge is 0.328 e. The van der Waals surface area contributed by atoms with Crippen molar-refractivity contribution in [2.45, 2.75) is 51.0 Å². The lowest BCUT2D eigenvalue weighted by Crippen LogP contribution is -2.20. The molecule has 0 spiro atoms. The highest BCUT2D eigenvalue weighted by Crippen LogP contribution is 2.46. The Hall–Kier alpha value is -0.0400. The molecule has 2 fully saturated rings. The maximum Gasteiger partial charge on any atom is 0.00415 e. The molecule has 3 unspecified atom stereocenters. The summed E-state index contributed by atoms with van der Waals surface area (Å²) in [5.41, 5.74) is 5.99. The van der Waals surface area contributed by atoms with Crippen molar-refractivity contribution in [2.75, 3.05) is 0 Å². The van der Waals surface area contributed by atoms with E-state index in [2.05, 4.69) is 0 Å². The maximum atomic E-state index is 5.99. The molecule has 2 aliphatic rings. The first-order valence-electron chi connectivity index (χ1n) is 5.12. The zero-order chi connectivity index (χ0) is 7.68. The summed E-state index contributed by atoms with van der Waals surface area (Å²) < 4.78 is 0. The van der Waals surface area contributed by atoms with Crippen LogP contribution in [0.4, 0.5) is 0 Å². The minimum absolute atomic E-state index is 0.531. The summed E-state index contributed by atoms with van der Waals surface area (Å²) >= 11 is 0. The first kappa shape index (κ1) is 7.60. The number of hydrogen-bond acceptors (Lipinski definition) is 1. The highest BCUT2D eigenvalue weighted by atomic mass is 14.6. The highest BCUT2D eigenvalue weighted by Gasteiger charge is 2.37. The van der Waals surface area contributed by atoms with Crippen LogP contribution in [0.3, 0.4) is 0 Å². The summed E-state index contributed by atoms with van der Waals surface area (Å²) in [6, 6.07) is 0.531. The van der Waals surface area contributed by atoms with Gasteiger partial charge in [-0.25, -0.2) is 0 Å². The summed E-state index contributed by atoms with van der Waals surface area (Å²) in [7, 11) is 0. The number of hydrogen-bond donors (Lipinski definition) is 1. The molecule has 0 heterocycles. The van der Waals surface area contributed by atoms with Crippen molar-refractivity contribution in [3.05, 3.63) is 0 Å². The smallest absolute Gasteiger partial charge is 0.00415 e. The lowest BCUT2D eigenvalue weighted by atomic mass is 10.1. The zero-order valence-corrected chi connectivity index (χ0v) is 7.26. The molecule has 1 nitrogen and oxygen atoms in total. The van der Waals surface area contributed by atoms with E-state index in [4.69, 9.17) is 5.73 Å². The highest BCUT2D eigenvalue weighted by molar-refractivity contribution is 4.89. The topological polar surface area (TPSA) is 26.0 Å². The van der Waals surface area contributed by atoms with Gasteiger partial charge in [-0.05, 0) is 31.1 Å². The van der Waals surface area contributed by atoms with Crippen LogP contribution >= 0.6 is 0 Å². The van der Waals surface area contributed by atoms with Crippen molar-refractivity contribution in [3.63, 3.8) is 0 Å². The van der Waals surface area contributed by atoms with Gasteiger partial charge in [0, 0.05) is 6.04 Å². The molecule has 3 atom stereocenters. The van der Waals surface area contributed by atoms with Crippen LogP contribution in [-0.2, 0) is 0 Å². The first-order valence-corrected chi connectivity index (χ1v) is 5.12. The molecular weight excluding hydrogens is 134 g/mol. The molecule has 1 heteroatoms. The molecule has 2 rings (SSSR count). The molecule has 11 heavy (non-hydrogen) atoms. The molecule has 0 aromatic carbocycles. The molecule has 2 saturated carbocycles. The van der Waals surface area contributed by atoms with Crippen molar-refractivity contribution >= 4 is 0 Å². The van der Waals surface area contributed by atoms with Crippen molar-refractivity contribution in [1.82, 2.24) is 0 Å². The Morgan fingerprint density at radius 1 is 0.818 bits per heavy atom. The van der Waals surface area contributed by atoms with E-state index in [-0.39, 0.29) is 0 Å². The van der Waals surface area contributed by atoms with Crippen LogP contribution in [0.1, 0.15) is 44.9 Å². The van der Waals surface area contributed by atoms with Crippen molar-refractivity contribution in [2.24, 2.45) is 17.6 Å². The van der Waals surface area contributed by atoms with Crippen LogP contribution in [0.25, 0.3) is 0 Å². The fraction of sp³-hybridized carbons (Fsp3) is 1.00. The Balaban J connectivity index is 1.83. The fourth-order valence-corrected chi connectivity index (χ4v) is 2.45. The van der Waals surface area contributed by atoms with Gasteiger partial charge in [0.2, 0.25) is 0 Å². The SMILES string of the molecule is NC1CCCCCC2CC2C1. The van der Waals surface area contributed by atoms with Crippen LogP contribution in [-0.4, -0.2) is 6.04 Å². The second-order valence-electron chi connectivity index (χ2n) is 4.39. The molecule has 0 aliphatic heterocycles. The third kappa shape index (κ3) is 1.96. The summed E-state index contributed by atoms with van der Waals surface area (Å²) in [6.07, 6.45) is 9.87. The molecule has 0 radical (unpaired) electrons. The van der Waals surface area contributed by atoms with Gasteiger partial charge >= 0.3 is 0 Å². The lowest BCUT2D eigenvalue weighted by molar-refractivity contribution is 0.511. The van der Waals surface area contributed by atoms with E-state index < -0.39 is 0 Å². The van der Waals surface area contributed by atoms with Gasteiger partial charge in [0.25, 0.3) is 0 Å². The minimum atomic E-state index is 0.531. The Labute approximate surface area is 69.4 Å². The Morgan fingerprint density at radius 2 is 1.64 bits per heavy atom. The fourth-order valence-electron chi connectivity index (χ4n) is 2.45. The second kappa shape index (κ2) is 3.14. The molecule has 0 saturated heterocycles. The van der Waals surface area contributed by atoms with Crippen LogP contribution < -0.4 is 5.73 Å². The van der Waals surface area contributed by atoms with E-state index >= 15 is 0 Å². The third-order valence-corrected chi connectivity index (χ3v) is 3.32. The molecular formula is C10H19N. The van der Waals surface area contributed by atoms with Crippen LogP contribution in [0.2, 0.25) is 0 Å². The second-order valence-corrected chi connectivity index (χ2v) is 4.39. The van der Waals surface area contributed by atoms with E-state index in [1.807, 2.05) is 0 Å². The number of fused-ring (bicyclic) bond motifs is 1. The van der Waals surface area contributed by atoms with Crippen molar-refractivity contribution in [3.8, 4) is 0 Å². The van der Waals surface area contributed by atoms with E-state index in [1.165, 1.54) is 44.9 Å². The normalized spacial score (nSPS) is 45.0. The molecule has 2 N–H and O–H groups in total. The van der Waals surface area contributed by atoms with Gasteiger partial charge in [0.15, 0.2) is 0 Å². The quantitative estimate of drug-likeness (QED) is 0.568. The molecule has 0 aromatic rings.